The van der Waals surface area contributed by atoms with Gasteiger partial charge >= 0.3 is 0 Å². The molecule has 1 aliphatic heterocycles. The molecule has 0 saturated carbocycles. The highest BCUT2D eigenvalue weighted by atomic mass is 16.5. The Morgan fingerprint density at radius 1 is 1.21 bits per heavy atom. The number of hydrogen-bond donors (Lipinski definition) is 1. The average molecular weight is 269 g/mol. The van der Waals surface area contributed by atoms with E-state index >= 15 is 0 Å². The molecule has 2 atom stereocenters. The van der Waals surface area contributed by atoms with E-state index in [1.807, 2.05) is 0 Å². The van der Waals surface area contributed by atoms with Crippen molar-refractivity contribution >= 4 is 0 Å². The van der Waals surface area contributed by atoms with Gasteiger partial charge in [-0.3, -0.25) is 0 Å². The molecule has 0 radical (unpaired) electrons. The molecule has 1 heterocycles. The number of hydrogen-bond acceptors (Lipinski definition) is 2. The van der Waals surface area contributed by atoms with Crippen LogP contribution >= 0.6 is 0 Å². The predicted molar refractivity (Wildman–Crippen MR) is 83.5 cm³/mol. The summed E-state index contributed by atoms with van der Waals surface area (Å²) in [7, 11) is 0. The molecule has 114 valence electrons. The van der Waals surface area contributed by atoms with E-state index in [1.54, 1.807) is 0 Å². The summed E-state index contributed by atoms with van der Waals surface area (Å²) in [4.78, 5) is 0. The van der Waals surface area contributed by atoms with E-state index < -0.39 is 0 Å². The molecule has 1 saturated heterocycles. The minimum absolute atomic E-state index is 0.213. The Morgan fingerprint density at radius 2 is 1.89 bits per heavy atom. The van der Waals surface area contributed by atoms with Gasteiger partial charge < -0.3 is 10.1 Å². The van der Waals surface area contributed by atoms with Gasteiger partial charge in [0.25, 0.3) is 0 Å². The first-order valence-corrected chi connectivity index (χ1v) is 8.09. The second-order valence-electron chi connectivity index (χ2n) is 7.94. The number of nitrogens with one attached hydrogen (secondary N) is 1. The van der Waals surface area contributed by atoms with Crippen LogP contribution in [-0.2, 0) is 4.74 Å². The van der Waals surface area contributed by atoms with Crippen molar-refractivity contribution in [3.8, 4) is 0 Å². The Kier molecular flexibility index (Phi) is 6.32. The average Bonchev–Trinajstić information content (AvgIpc) is 2.78. The van der Waals surface area contributed by atoms with Crippen molar-refractivity contribution in [1.29, 1.82) is 0 Å². The lowest BCUT2D eigenvalue weighted by Crippen LogP contribution is -2.44. The van der Waals surface area contributed by atoms with E-state index in [-0.39, 0.29) is 5.54 Å². The SMILES string of the molecule is CC(C)C(C)(CCCC1CCCO1)CNC(C)(C)C. The zero-order valence-corrected chi connectivity index (χ0v) is 14.0. The first kappa shape index (κ1) is 17.0. The fourth-order valence-corrected chi connectivity index (χ4v) is 2.65. The smallest absolute Gasteiger partial charge is 0.0576 e. The van der Waals surface area contributed by atoms with Gasteiger partial charge in [-0.1, -0.05) is 27.2 Å². The molecule has 0 bridgehead atoms. The van der Waals surface area contributed by atoms with E-state index in [4.69, 9.17) is 4.74 Å². The Balaban J connectivity index is 2.37. The van der Waals surface area contributed by atoms with Gasteiger partial charge in [-0.15, -0.1) is 0 Å². The lowest BCUT2D eigenvalue weighted by molar-refractivity contribution is 0.0929. The molecule has 2 unspecified atom stereocenters. The Labute approximate surface area is 120 Å². The predicted octanol–water partition coefficient (Wildman–Crippen LogP) is 4.39. The zero-order chi connectivity index (χ0) is 14.5. The molecule has 0 aromatic rings. The fraction of sp³-hybridized carbons (Fsp3) is 1.00. The molecular formula is C17H35NO. The molecular weight excluding hydrogens is 234 g/mol. The Hall–Kier alpha value is -0.0800. The van der Waals surface area contributed by atoms with Crippen LogP contribution in [0.3, 0.4) is 0 Å². The minimum Gasteiger partial charge on any atom is -0.378 e. The van der Waals surface area contributed by atoms with Crippen LogP contribution in [0.4, 0.5) is 0 Å². The molecule has 0 spiro atoms. The van der Waals surface area contributed by atoms with Crippen molar-refractivity contribution in [3.05, 3.63) is 0 Å². The maximum atomic E-state index is 5.73. The third-order valence-corrected chi connectivity index (χ3v) is 4.71. The van der Waals surface area contributed by atoms with Crippen LogP contribution in [0.2, 0.25) is 0 Å². The summed E-state index contributed by atoms with van der Waals surface area (Å²) in [6, 6.07) is 0. The van der Waals surface area contributed by atoms with Crippen LogP contribution < -0.4 is 5.32 Å². The fourth-order valence-electron chi connectivity index (χ4n) is 2.65. The number of rotatable bonds is 7. The van der Waals surface area contributed by atoms with Crippen molar-refractivity contribution in [1.82, 2.24) is 5.32 Å². The topological polar surface area (TPSA) is 21.3 Å². The van der Waals surface area contributed by atoms with Gasteiger partial charge in [-0.25, -0.2) is 0 Å². The van der Waals surface area contributed by atoms with Crippen LogP contribution in [-0.4, -0.2) is 24.8 Å². The molecule has 0 aromatic carbocycles. The van der Waals surface area contributed by atoms with Gasteiger partial charge in [0.15, 0.2) is 0 Å². The summed E-state index contributed by atoms with van der Waals surface area (Å²) >= 11 is 0. The van der Waals surface area contributed by atoms with Crippen LogP contribution in [0.25, 0.3) is 0 Å². The Bertz CT molecular complexity index is 250. The monoisotopic (exact) mass is 269 g/mol. The van der Waals surface area contributed by atoms with Crippen LogP contribution in [0.5, 0.6) is 0 Å². The summed E-state index contributed by atoms with van der Waals surface area (Å²) in [5, 5.41) is 3.69. The molecule has 1 fully saturated rings. The summed E-state index contributed by atoms with van der Waals surface area (Å²) in [6.45, 7) is 16.0. The van der Waals surface area contributed by atoms with Gasteiger partial charge in [0.05, 0.1) is 6.10 Å². The molecule has 2 heteroatoms. The highest BCUT2D eigenvalue weighted by Crippen LogP contribution is 2.33. The summed E-state index contributed by atoms with van der Waals surface area (Å²) < 4.78 is 5.73. The molecule has 0 aromatic heterocycles. The molecule has 19 heavy (non-hydrogen) atoms. The first-order valence-electron chi connectivity index (χ1n) is 8.09. The highest BCUT2D eigenvalue weighted by molar-refractivity contribution is 4.84. The molecule has 0 aliphatic carbocycles. The maximum Gasteiger partial charge on any atom is 0.0576 e. The lowest BCUT2D eigenvalue weighted by Gasteiger charge is -2.37. The standard InChI is InChI=1S/C17H35NO/c1-14(2)17(6,13-18-16(3,4)5)11-7-9-15-10-8-12-19-15/h14-15,18H,7-13H2,1-6H3. The zero-order valence-electron chi connectivity index (χ0n) is 14.0. The summed E-state index contributed by atoms with van der Waals surface area (Å²) in [5.41, 5.74) is 0.608. The van der Waals surface area contributed by atoms with Gasteiger partial charge in [0, 0.05) is 18.7 Å². The molecule has 0 amide bonds. The normalized spacial score (nSPS) is 23.8. The lowest BCUT2D eigenvalue weighted by atomic mass is 9.74. The van der Waals surface area contributed by atoms with Crippen molar-refractivity contribution in [3.63, 3.8) is 0 Å². The van der Waals surface area contributed by atoms with E-state index in [2.05, 4.69) is 46.9 Å². The summed E-state index contributed by atoms with van der Waals surface area (Å²) in [6.07, 6.45) is 6.93. The quantitative estimate of drug-likeness (QED) is 0.740. The first-order chi connectivity index (χ1) is 8.73. The molecule has 2 nitrogen and oxygen atoms in total. The van der Waals surface area contributed by atoms with Crippen molar-refractivity contribution in [2.24, 2.45) is 11.3 Å². The van der Waals surface area contributed by atoms with Crippen LogP contribution in [0, 0.1) is 11.3 Å². The van der Waals surface area contributed by atoms with Crippen LogP contribution in [0.15, 0.2) is 0 Å². The van der Waals surface area contributed by atoms with E-state index in [0.29, 0.717) is 17.4 Å². The van der Waals surface area contributed by atoms with Gasteiger partial charge in [0.1, 0.15) is 0 Å². The van der Waals surface area contributed by atoms with Gasteiger partial charge in [-0.2, -0.15) is 0 Å². The number of ether oxygens (including phenoxy) is 1. The van der Waals surface area contributed by atoms with E-state index in [0.717, 1.165) is 13.2 Å². The minimum atomic E-state index is 0.213. The third kappa shape index (κ3) is 6.27. The van der Waals surface area contributed by atoms with Gasteiger partial charge in [-0.05, 0) is 57.8 Å². The van der Waals surface area contributed by atoms with E-state index in [9.17, 15) is 0 Å². The molecule has 1 aliphatic rings. The van der Waals surface area contributed by atoms with Gasteiger partial charge in [0.2, 0.25) is 0 Å². The summed E-state index contributed by atoms with van der Waals surface area (Å²) in [5.74, 6) is 0.715. The van der Waals surface area contributed by atoms with Crippen LogP contribution in [0.1, 0.15) is 73.6 Å². The van der Waals surface area contributed by atoms with Crippen molar-refractivity contribution < 1.29 is 4.74 Å². The molecule has 1 N–H and O–H groups in total. The maximum absolute atomic E-state index is 5.73. The second kappa shape index (κ2) is 7.08. The molecule has 1 rings (SSSR count). The van der Waals surface area contributed by atoms with Crippen molar-refractivity contribution in [2.75, 3.05) is 13.2 Å². The van der Waals surface area contributed by atoms with E-state index in [1.165, 1.54) is 32.1 Å². The highest BCUT2D eigenvalue weighted by Gasteiger charge is 2.29. The third-order valence-electron chi connectivity index (χ3n) is 4.71. The Morgan fingerprint density at radius 3 is 2.37 bits per heavy atom. The second-order valence-corrected chi connectivity index (χ2v) is 7.94. The largest absolute Gasteiger partial charge is 0.378 e. The van der Waals surface area contributed by atoms with Crippen molar-refractivity contribution in [2.45, 2.75) is 85.3 Å².